The van der Waals surface area contributed by atoms with Gasteiger partial charge in [-0.25, -0.2) is 0 Å². The molecule has 1 aromatic carbocycles. The maximum Gasteiger partial charge on any atom is 0.126 e. The van der Waals surface area contributed by atoms with Gasteiger partial charge in [0.1, 0.15) is 10.7 Å². The highest BCUT2D eigenvalue weighted by atomic mass is 32.1. The molecule has 0 radical (unpaired) electrons. The Morgan fingerprint density at radius 3 is 1.58 bits per heavy atom. The van der Waals surface area contributed by atoms with E-state index in [4.69, 9.17) is 22.7 Å². The van der Waals surface area contributed by atoms with Crippen LogP contribution in [0.2, 0.25) is 0 Å². The van der Waals surface area contributed by atoms with Crippen LogP contribution in [0.15, 0.2) is 12.1 Å². The van der Waals surface area contributed by atoms with E-state index in [9.17, 15) is 0 Å². The number of hydrogen-bond donors (Lipinski definition) is 1. The van der Waals surface area contributed by atoms with E-state index >= 15 is 0 Å². The topological polar surface area (TPSA) is 35.2 Å². The molecule has 0 fully saturated rings. The third-order valence-corrected chi connectivity index (χ3v) is 3.43. The fraction of sp³-hybridized carbons (Fsp3) is 0.562. The minimum absolute atomic E-state index is 0.0217. The van der Waals surface area contributed by atoms with Crippen LogP contribution in [0.1, 0.15) is 58.2 Å². The fourth-order valence-corrected chi connectivity index (χ4v) is 2.22. The molecule has 0 unspecified atom stereocenters. The molecule has 106 valence electrons. The van der Waals surface area contributed by atoms with Crippen molar-refractivity contribution < 1.29 is 4.74 Å². The van der Waals surface area contributed by atoms with E-state index in [0.29, 0.717) is 4.99 Å². The van der Waals surface area contributed by atoms with Crippen LogP contribution in [0.25, 0.3) is 0 Å². The molecule has 0 spiro atoms. The van der Waals surface area contributed by atoms with E-state index in [1.807, 2.05) is 0 Å². The van der Waals surface area contributed by atoms with E-state index in [1.54, 1.807) is 7.11 Å². The predicted molar refractivity (Wildman–Crippen MR) is 86.3 cm³/mol. The Bertz CT molecular complexity index is 457. The van der Waals surface area contributed by atoms with Crippen LogP contribution >= 0.6 is 12.2 Å². The van der Waals surface area contributed by atoms with Crippen LogP contribution in [-0.4, -0.2) is 12.1 Å². The lowest BCUT2D eigenvalue weighted by Crippen LogP contribution is -2.21. The van der Waals surface area contributed by atoms with Gasteiger partial charge in [-0.3, -0.25) is 0 Å². The van der Waals surface area contributed by atoms with Crippen molar-refractivity contribution in [2.45, 2.75) is 52.4 Å². The van der Waals surface area contributed by atoms with Crippen molar-refractivity contribution in [3.8, 4) is 5.75 Å². The minimum Gasteiger partial charge on any atom is -0.496 e. The van der Waals surface area contributed by atoms with Gasteiger partial charge in [-0.05, 0) is 23.0 Å². The molecule has 0 amide bonds. The van der Waals surface area contributed by atoms with Gasteiger partial charge in [-0.1, -0.05) is 53.8 Å². The van der Waals surface area contributed by atoms with Crippen LogP contribution < -0.4 is 10.5 Å². The number of benzene rings is 1. The molecule has 0 saturated carbocycles. The molecule has 2 nitrogen and oxygen atoms in total. The third kappa shape index (κ3) is 3.47. The van der Waals surface area contributed by atoms with E-state index in [1.165, 1.54) is 0 Å². The van der Waals surface area contributed by atoms with E-state index in [-0.39, 0.29) is 10.8 Å². The summed E-state index contributed by atoms with van der Waals surface area (Å²) in [6.45, 7) is 13.0. The molecule has 0 heterocycles. The molecule has 3 heteroatoms. The van der Waals surface area contributed by atoms with Crippen LogP contribution in [0, 0.1) is 0 Å². The average Bonchev–Trinajstić information content (AvgIpc) is 2.24. The zero-order valence-corrected chi connectivity index (χ0v) is 13.9. The first-order valence-electron chi connectivity index (χ1n) is 6.51. The molecular formula is C16H25NOS. The first-order chi connectivity index (χ1) is 8.48. The molecular weight excluding hydrogens is 254 g/mol. The second-order valence-corrected chi connectivity index (χ2v) is 7.41. The molecule has 19 heavy (non-hydrogen) atoms. The Balaban J connectivity index is 3.72. The smallest absolute Gasteiger partial charge is 0.126 e. The Morgan fingerprint density at radius 1 is 1.00 bits per heavy atom. The van der Waals surface area contributed by atoms with Crippen LogP contribution in [-0.2, 0) is 10.8 Å². The fourth-order valence-electron chi connectivity index (χ4n) is 2.11. The number of hydrogen-bond acceptors (Lipinski definition) is 2. The Morgan fingerprint density at radius 2 is 1.37 bits per heavy atom. The predicted octanol–water partition coefficient (Wildman–Crippen LogP) is 3.92. The summed E-state index contributed by atoms with van der Waals surface area (Å²) in [5.74, 6) is 0.944. The Kier molecular flexibility index (Phi) is 4.30. The average molecular weight is 279 g/mol. The van der Waals surface area contributed by atoms with Gasteiger partial charge in [0.25, 0.3) is 0 Å². The zero-order chi connectivity index (χ0) is 15.0. The highest BCUT2D eigenvalue weighted by Gasteiger charge is 2.27. The third-order valence-electron chi connectivity index (χ3n) is 3.19. The van der Waals surface area contributed by atoms with Crippen molar-refractivity contribution in [2.75, 3.05) is 7.11 Å². The maximum absolute atomic E-state index is 5.82. The van der Waals surface area contributed by atoms with Crippen molar-refractivity contribution in [3.63, 3.8) is 0 Å². The summed E-state index contributed by atoms with van der Waals surface area (Å²) >= 11 is 5.14. The SMILES string of the molecule is COc1c(C(C)(C)C)cc(C(N)=S)cc1C(C)(C)C. The van der Waals surface area contributed by atoms with Gasteiger partial charge in [0, 0.05) is 16.7 Å². The lowest BCUT2D eigenvalue weighted by atomic mass is 9.78. The Hall–Kier alpha value is -1.09. The summed E-state index contributed by atoms with van der Waals surface area (Å²) in [7, 11) is 1.72. The molecule has 1 rings (SSSR count). The minimum atomic E-state index is -0.0217. The summed E-state index contributed by atoms with van der Waals surface area (Å²) in [6, 6.07) is 4.10. The monoisotopic (exact) mass is 279 g/mol. The standard InChI is InChI=1S/C16H25NOS/c1-15(2,3)11-8-10(14(17)19)9-12(13(11)18-7)16(4,5)6/h8-9H,1-7H3,(H2,17,19). The molecule has 0 aromatic heterocycles. The molecule has 1 aromatic rings. The largest absolute Gasteiger partial charge is 0.496 e. The molecule has 0 aliphatic carbocycles. The van der Waals surface area contributed by atoms with Crippen LogP contribution in [0.4, 0.5) is 0 Å². The molecule has 0 atom stereocenters. The van der Waals surface area contributed by atoms with Gasteiger partial charge in [-0.15, -0.1) is 0 Å². The van der Waals surface area contributed by atoms with E-state index in [2.05, 4.69) is 53.7 Å². The van der Waals surface area contributed by atoms with Crippen molar-refractivity contribution in [2.24, 2.45) is 5.73 Å². The van der Waals surface area contributed by atoms with E-state index < -0.39 is 0 Å². The molecule has 2 N–H and O–H groups in total. The first kappa shape index (κ1) is 16.0. The van der Waals surface area contributed by atoms with Crippen molar-refractivity contribution >= 4 is 17.2 Å². The van der Waals surface area contributed by atoms with Crippen molar-refractivity contribution in [3.05, 3.63) is 28.8 Å². The molecule has 0 aliphatic rings. The number of methoxy groups -OCH3 is 1. The maximum atomic E-state index is 5.82. The van der Waals surface area contributed by atoms with Gasteiger partial charge < -0.3 is 10.5 Å². The number of nitrogens with two attached hydrogens (primary N) is 1. The summed E-state index contributed by atoms with van der Waals surface area (Å²) in [6.07, 6.45) is 0. The molecule has 0 aliphatic heterocycles. The quantitative estimate of drug-likeness (QED) is 0.833. The van der Waals surface area contributed by atoms with Gasteiger partial charge in [-0.2, -0.15) is 0 Å². The molecule has 0 saturated heterocycles. The number of thiocarbonyl (C=S) groups is 1. The second kappa shape index (κ2) is 5.12. The summed E-state index contributed by atoms with van der Waals surface area (Å²) in [5, 5.41) is 0. The first-order valence-corrected chi connectivity index (χ1v) is 6.92. The summed E-state index contributed by atoms with van der Waals surface area (Å²) in [4.78, 5) is 0.429. The zero-order valence-electron chi connectivity index (χ0n) is 13.0. The van der Waals surface area contributed by atoms with E-state index in [0.717, 1.165) is 22.4 Å². The highest BCUT2D eigenvalue weighted by Crippen LogP contribution is 2.40. The van der Waals surface area contributed by atoms with Crippen LogP contribution in [0.5, 0.6) is 5.75 Å². The molecule has 0 bridgehead atoms. The number of ether oxygens (including phenoxy) is 1. The van der Waals surface area contributed by atoms with Gasteiger partial charge in [0.2, 0.25) is 0 Å². The van der Waals surface area contributed by atoms with Gasteiger partial charge in [0.15, 0.2) is 0 Å². The lowest BCUT2D eigenvalue weighted by Gasteiger charge is -2.29. The van der Waals surface area contributed by atoms with Crippen molar-refractivity contribution in [1.29, 1.82) is 0 Å². The highest BCUT2D eigenvalue weighted by molar-refractivity contribution is 7.80. The second-order valence-electron chi connectivity index (χ2n) is 6.97. The Labute approximate surface area is 122 Å². The normalized spacial score (nSPS) is 12.4. The van der Waals surface area contributed by atoms with Gasteiger partial charge in [0.05, 0.1) is 7.11 Å². The van der Waals surface area contributed by atoms with Crippen molar-refractivity contribution in [1.82, 2.24) is 0 Å². The van der Waals surface area contributed by atoms with Crippen LogP contribution in [0.3, 0.4) is 0 Å². The summed E-state index contributed by atoms with van der Waals surface area (Å²) < 4.78 is 5.68. The van der Waals surface area contributed by atoms with Gasteiger partial charge >= 0.3 is 0 Å². The lowest BCUT2D eigenvalue weighted by molar-refractivity contribution is 0.381. The summed E-state index contributed by atoms with van der Waals surface area (Å²) in [5.41, 5.74) is 8.97. The number of rotatable bonds is 2.